The Morgan fingerprint density at radius 3 is 2.56 bits per heavy atom. The molecule has 2 rings (SSSR count). The van der Waals surface area contributed by atoms with Crippen molar-refractivity contribution in [3.05, 3.63) is 64.2 Å². The number of nitro groups is 1. The molecule has 25 heavy (non-hydrogen) atoms. The number of nitro benzene ring substituents is 1. The van der Waals surface area contributed by atoms with E-state index in [0.717, 1.165) is 4.90 Å². The standard InChI is InChI=1S/C17H17N3O4S/c1-11(16(21)19-13-6-4-8-15(10-13)25-2)18-17(22)12-5-3-7-14(9-12)20(23)24/h3-11H,1-2H3,(H,18,22)(H,19,21). The molecular weight excluding hydrogens is 342 g/mol. The van der Waals surface area contributed by atoms with E-state index in [1.165, 1.54) is 24.3 Å². The Hall–Kier alpha value is -2.87. The van der Waals surface area contributed by atoms with Crippen molar-refractivity contribution < 1.29 is 14.5 Å². The number of nitrogens with one attached hydrogen (secondary N) is 2. The molecule has 1 atom stereocenters. The molecule has 0 bridgehead atoms. The first kappa shape index (κ1) is 18.5. The highest BCUT2D eigenvalue weighted by Crippen LogP contribution is 2.19. The summed E-state index contributed by atoms with van der Waals surface area (Å²) in [5.74, 6) is -0.929. The van der Waals surface area contributed by atoms with Gasteiger partial charge in [0.05, 0.1) is 4.92 Å². The highest BCUT2D eigenvalue weighted by atomic mass is 32.2. The van der Waals surface area contributed by atoms with Crippen LogP contribution in [-0.2, 0) is 4.79 Å². The van der Waals surface area contributed by atoms with E-state index in [1.807, 2.05) is 24.5 Å². The fourth-order valence-electron chi connectivity index (χ4n) is 2.06. The number of amides is 2. The van der Waals surface area contributed by atoms with Crippen LogP contribution in [0.3, 0.4) is 0 Å². The van der Waals surface area contributed by atoms with Crippen molar-refractivity contribution in [2.45, 2.75) is 17.9 Å². The van der Waals surface area contributed by atoms with Gasteiger partial charge in [0.1, 0.15) is 6.04 Å². The molecule has 0 spiro atoms. The van der Waals surface area contributed by atoms with Crippen LogP contribution >= 0.6 is 11.8 Å². The molecule has 0 radical (unpaired) electrons. The molecule has 1 unspecified atom stereocenters. The van der Waals surface area contributed by atoms with Crippen LogP contribution in [0.4, 0.5) is 11.4 Å². The number of anilines is 1. The van der Waals surface area contributed by atoms with E-state index >= 15 is 0 Å². The second-order valence-electron chi connectivity index (χ2n) is 5.22. The number of hydrogen-bond acceptors (Lipinski definition) is 5. The second-order valence-corrected chi connectivity index (χ2v) is 6.10. The summed E-state index contributed by atoms with van der Waals surface area (Å²) in [7, 11) is 0. The molecule has 0 saturated carbocycles. The first-order valence-corrected chi connectivity index (χ1v) is 8.63. The molecule has 7 nitrogen and oxygen atoms in total. The summed E-state index contributed by atoms with van der Waals surface area (Å²) >= 11 is 1.55. The molecule has 0 heterocycles. The lowest BCUT2D eigenvalue weighted by Gasteiger charge is -2.14. The van der Waals surface area contributed by atoms with Crippen molar-refractivity contribution in [2.24, 2.45) is 0 Å². The van der Waals surface area contributed by atoms with Gasteiger partial charge in [-0.25, -0.2) is 0 Å². The van der Waals surface area contributed by atoms with Gasteiger partial charge >= 0.3 is 0 Å². The lowest BCUT2D eigenvalue weighted by molar-refractivity contribution is -0.384. The topological polar surface area (TPSA) is 101 Å². The molecule has 0 aromatic heterocycles. The zero-order chi connectivity index (χ0) is 18.4. The number of rotatable bonds is 6. The zero-order valence-electron chi connectivity index (χ0n) is 13.7. The summed E-state index contributed by atoms with van der Waals surface area (Å²) in [6.07, 6.45) is 1.93. The number of non-ortho nitro benzene ring substituents is 1. The maximum absolute atomic E-state index is 12.2. The smallest absolute Gasteiger partial charge is 0.270 e. The van der Waals surface area contributed by atoms with Crippen molar-refractivity contribution in [3.8, 4) is 0 Å². The summed E-state index contributed by atoms with van der Waals surface area (Å²) in [5, 5.41) is 16.0. The molecule has 2 aromatic carbocycles. The summed E-state index contributed by atoms with van der Waals surface area (Å²) in [6, 6.07) is 11.9. The minimum Gasteiger partial charge on any atom is -0.341 e. The minimum absolute atomic E-state index is 0.123. The Morgan fingerprint density at radius 1 is 1.16 bits per heavy atom. The Kier molecular flexibility index (Phi) is 6.13. The van der Waals surface area contributed by atoms with Crippen LogP contribution in [0.15, 0.2) is 53.4 Å². The molecule has 2 amide bonds. The summed E-state index contributed by atoms with van der Waals surface area (Å²) in [6.45, 7) is 1.54. The van der Waals surface area contributed by atoms with Crippen LogP contribution in [0, 0.1) is 10.1 Å². The third-order valence-corrected chi connectivity index (χ3v) is 4.12. The average Bonchev–Trinajstić information content (AvgIpc) is 2.61. The number of thioether (sulfide) groups is 1. The van der Waals surface area contributed by atoms with Gasteiger partial charge in [0.25, 0.3) is 11.6 Å². The first-order chi connectivity index (χ1) is 11.9. The third-order valence-electron chi connectivity index (χ3n) is 3.40. The largest absolute Gasteiger partial charge is 0.341 e. The summed E-state index contributed by atoms with van der Waals surface area (Å²) in [5.41, 5.74) is 0.574. The Bertz CT molecular complexity index is 810. The second kappa shape index (κ2) is 8.29. The van der Waals surface area contributed by atoms with Gasteiger partial charge in [-0.15, -0.1) is 11.8 Å². The predicted octanol–water partition coefficient (Wildman–Crippen LogP) is 3.07. The first-order valence-electron chi connectivity index (χ1n) is 7.41. The summed E-state index contributed by atoms with van der Waals surface area (Å²) < 4.78 is 0. The normalized spacial score (nSPS) is 11.4. The molecular formula is C17H17N3O4S. The SMILES string of the molecule is CSc1cccc(NC(=O)C(C)NC(=O)c2cccc([N+](=O)[O-])c2)c1. The van der Waals surface area contributed by atoms with Gasteiger partial charge < -0.3 is 10.6 Å². The van der Waals surface area contributed by atoms with Gasteiger partial charge in [-0.2, -0.15) is 0 Å². The third kappa shape index (κ3) is 5.05. The van der Waals surface area contributed by atoms with Crippen LogP contribution in [0.1, 0.15) is 17.3 Å². The lowest BCUT2D eigenvalue weighted by atomic mass is 10.1. The molecule has 0 fully saturated rings. The van der Waals surface area contributed by atoms with Gasteiger partial charge in [0, 0.05) is 28.3 Å². The molecule has 0 saturated heterocycles. The van der Waals surface area contributed by atoms with E-state index in [0.29, 0.717) is 5.69 Å². The number of carbonyl (C=O) groups excluding carboxylic acids is 2. The molecule has 0 aliphatic rings. The molecule has 2 aromatic rings. The van der Waals surface area contributed by atoms with Crippen molar-refractivity contribution in [1.29, 1.82) is 0 Å². The predicted molar refractivity (Wildman–Crippen MR) is 96.9 cm³/mol. The Morgan fingerprint density at radius 2 is 1.88 bits per heavy atom. The summed E-state index contributed by atoms with van der Waals surface area (Å²) in [4.78, 5) is 35.6. The van der Waals surface area contributed by atoms with Crippen molar-refractivity contribution in [2.75, 3.05) is 11.6 Å². The van der Waals surface area contributed by atoms with Crippen LogP contribution in [0.5, 0.6) is 0 Å². The number of nitrogens with zero attached hydrogens (tertiary/aromatic N) is 1. The van der Waals surface area contributed by atoms with Crippen LogP contribution in [-0.4, -0.2) is 29.0 Å². The fourth-order valence-corrected chi connectivity index (χ4v) is 2.52. The van der Waals surface area contributed by atoms with Gasteiger partial charge in [-0.3, -0.25) is 19.7 Å². The van der Waals surface area contributed by atoms with Crippen LogP contribution in [0.25, 0.3) is 0 Å². The minimum atomic E-state index is -0.801. The quantitative estimate of drug-likeness (QED) is 0.469. The molecule has 0 aliphatic carbocycles. The molecule has 0 aliphatic heterocycles. The maximum atomic E-state index is 12.2. The molecule has 2 N–H and O–H groups in total. The van der Waals surface area contributed by atoms with E-state index in [-0.39, 0.29) is 17.2 Å². The van der Waals surface area contributed by atoms with E-state index in [2.05, 4.69) is 10.6 Å². The Balaban J connectivity index is 2.01. The van der Waals surface area contributed by atoms with E-state index < -0.39 is 16.9 Å². The van der Waals surface area contributed by atoms with Gasteiger partial charge in [0.2, 0.25) is 5.91 Å². The van der Waals surface area contributed by atoms with Gasteiger partial charge in [-0.05, 0) is 37.4 Å². The van der Waals surface area contributed by atoms with E-state index in [4.69, 9.17) is 0 Å². The van der Waals surface area contributed by atoms with Crippen LogP contribution < -0.4 is 10.6 Å². The van der Waals surface area contributed by atoms with Gasteiger partial charge in [0.15, 0.2) is 0 Å². The number of benzene rings is 2. The van der Waals surface area contributed by atoms with Crippen molar-refractivity contribution >= 4 is 35.0 Å². The van der Waals surface area contributed by atoms with Crippen molar-refractivity contribution in [3.63, 3.8) is 0 Å². The average molecular weight is 359 g/mol. The molecule has 8 heteroatoms. The maximum Gasteiger partial charge on any atom is 0.270 e. The Labute approximate surface area is 149 Å². The van der Waals surface area contributed by atoms with Crippen molar-refractivity contribution in [1.82, 2.24) is 5.32 Å². The lowest BCUT2D eigenvalue weighted by Crippen LogP contribution is -2.41. The number of hydrogen-bond donors (Lipinski definition) is 2. The number of carbonyl (C=O) groups is 2. The zero-order valence-corrected chi connectivity index (χ0v) is 14.5. The van der Waals surface area contributed by atoms with Crippen LogP contribution in [0.2, 0.25) is 0 Å². The molecule has 130 valence electrons. The highest BCUT2D eigenvalue weighted by Gasteiger charge is 2.18. The monoisotopic (exact) mass is 359 g/mol. The fraction of sp³-hybridized carbons (Fsp3) is 0.176. The highest BCUT2D eigenvalue weighted by molar-refractivity contribution is 7.98. The van der Waals surface area contributed by atoms with E-state index in [1.54, 1.807) is 24.8 Å². The van der Waals surface area contributed by atoms with Gasteiger partial charge in [-0.1, -0.05) is 12.1 Å². The van der Waals surface area contributed by atoms with E-state index in [9.17, 15) is 19.7 Å².